The number of Topliss-reactive ketones (excluding diaryl/α,β-unsaturated/α-hetero) is 1. The van der Waals surface area contributed by atoms with E-state index in [4.69, 9.17) is 4.74 Å². The Morgan fingerprint density at radius 2 is 1.68 bits per heavy atom. The van der Waals surface area contributed by atoms with Gasteiger partial charge in [0, 0.05) is 13.1 Å². The second kappa shape index (κ2) is 7.03. The zero-order valence-corrected chi connectivity index (χ0v) is 16.2. The van der Waals surface area contributed by atoms with E-state index in [0.29, 0.717) is 24.5 Å². The Morgan fingerprint density at radius 1 is 1.00 bits per heavy atom. The normalized spacial score (nSPS) is 17.2. The lowest BCUT2D eigenvalue weighted by Crippen LogP contribution is -2.29. The first-order valence-corrected chi connectivity index (χ1v) is 10.5. The summed E-state index contributed by atoms with van der Waals surface area (Å²) in [6.45, 7) is 1.19. The smallest absolute Gasteiger partial charge is 0.299 e. The van der Waals surface area contributed by atoms with Gasteiger partial charge in [0.15, 0.2) is 0 Å². The third-order valence-corrected chi connectivity index (χ3v) is 7.04. The number of nitrogens with zero attached hydrogens (tertiary/aromatic N) is 2. The van der Waals surface area contributed by atoms with Crippen LogP contribution in [-0.2, 0) is 21.4 Å². The number of methoxy groups -OCH3 is 1. The van der Waals surface area contributed by atoms with Crippen LogP contribution in [0.5, 0.6) is 5.75 Å². The largest absolute Gasteiger partial charge is 0.497 e. The number of anilines is 1. The lowest BCUT2D eigenvalue weighted by Gasteiger charge is -2.18. The van der Waals surface area contributed by atoms with E-state index in [2.05, 4.69) is 0 Å². The molecule has 0 atom stereocenters. The first kappa shape index (κ1) is 18.6. The maximum absolute atomic E-state index is 12.8. The van der Waals surface area contributed by atoms with Crippen molar-refractivity contribution in [1.82, 2.24) is 4.31 Å². The average molecular weight is 400 g/mol. The van der Waals surface area contributed by atoms with Crippen molar-refractivity contribution in [1.29, 1.82) is 0 Å². The SMILES string of the molecule is COc1ccc(CN2C(=O)C(=O)c3cc(S(=O)(=O)N4CCCC4)ccc32)cc1. The molecule has 2 aromatic carbocycles. The first-order valence-electron chi connectivity index (χ1n) is 9.05. The number of carbonyl (C=O) groups is 2. The van der Waals surface area contributed by atoms with E-state index < -0.39 is 21.7 Å². The fraction of sp³-hybridized carbons (Fsp3) is 0.300. The van der Waals surface area contributed by atoms with Gasteiger partial charge in [-0.25, -0.2) is 8.42 Å². The van der Waals surface area contributed by atoms with Crippen molar-refractivity contribution in [3.63, 3.8) is 0 Å². The second-order valence-corrected chi connectivity index (χ2v) is 8.80. The van der Waals surface area contributed by atoms with E-state index in [0.717, 1.165) is 18.4 Å². The lowest BCUT2D eigenvalue weighted by atomic mass is 10.1. The van der Waals surface area contributed by atoms with Gasteiger partial charge in [0.05, 0.1) is 29.8 Å². The van der Waals surface area contributed by atoms with Crippen LogP contribution in [0.15, 0.2) is 47.4 Å². The van der Waals surface area contributed by atoms with E-state index in [-0.39, 0.29) is 17.0 Å². The van der Waals surface area contributed by atoms with Crippen LogP contribution in [0.3, 0.4) is 0 Å². The van der Waals surface area contributed by atoms with E-state index in [1.807, 2.05) is 12.1 Å². The third kappa shape index (κ3) is 3.08. The van der Waals surface area contributed by atoms with Gasteiger partial charge in [-0.2, -0.15) is 4.31 Å². The molecular weight excluding hydrogens is 380 g/mol. The van der Waals surface area contributed by atoms with Crippen molar-refractivity contribution < 1.29 is 22.7 Å². The summed E-state index contributed by atoms with van der Waals surface area (Å²) >= 11 is 0. The Labute approximate surface area is 163 Å². The molecule has 0 unspecified atom stereocenters. The Hall–Kier alpha value is -2.71. The Morgan fingerprint density at radius 3 is 2.32 bits per heavy atom. The second-order valence-electron chi connectivity index (χ2n) is 6.86. The molecule has 146 valence electrons. The van der Waals surface area contributed by atoms with Gasteiger partial charge < -0.3 is 9.64 Å². The maximum Gasteiger partial charge on any atom is 0.299 e. The minimum atomic E-state index is -3.65. The Kier molecular flexibility index (Phi) is 4.68. The number of sulfonamides is 1. The van der Waals surface area contributed by atoms with Crippen molar-refractivity contribution in [3.8, 4) is 5.75 Å². The van der Waals surface area contributed by atoms with E-state index >= 15 is 0 Å². The molecule has 0 aromatic heterocycles. The lowest BCUT2D eigenvalue weighted by molar-refractivity contribution is -0.114. The van der Waals surface area contributed by atoms with E-state index in [9.17, 15) is 18.0 Å². The van der Waals surface area contributed by atoms with Gasteiger partial charge in [0.25, 0.3) is 11.7 Å². The van der Waals surface area contributed by atoms with Gasteiger partial charge >= 0.3 is 0 Å². The van der Waals surface area contributed by atoms with E-state index in [1.165, 1.54) is 21.3 Å². The molecule has 2 heterocycles. The highest BCUT2D eigenvalue weighted by atomic mass is 32.2. The Bertz CT molecular complexity index is 1040. The molecule has 28 heavy (non-hydrogen) atoms. The van der Waals surface area contributed by atoms with Gasteiger partial charge in [0.1, 0.15) is 5.75 Å². The molecule has 7 nitrogen and oxygen atoms in total. The first-order chi connectivity index (χ1) is 13.4. The highest BCUT2D eigenvalue weighted by Gasteiger charge is 2.37. The number of rotatable bonds is 5. The molecule has 2 aliphatic rings. The average Bonchev–Trinajstić information content (AvgIpc) is 3.33. The molecule has 4 rings (SSSR count). The minimum absolute atomic E-state index is 0.0561. The monoisotopic (exact) mass is 400 g/mol. The van der Waals surface area contributed by atoms with E-state index in [1.54, 1.807) is 25.3 Å². The molecule has 2 aromatic rings. The number of benzene rings is 2. The zero-order valence-electron chi connectivity index (χ0n) is 15.4. The summed E-state index contributed by atoms with van der Waals surface area (Å²) in [7, 11) is -2.08. The summed E-state index contributed by atoms with van der Waals surface area (Å²) in [5, 5.41) is 0. The van der Waals surface area contributed by atoms with Gasteiger partial charge in [-0.05, 0) is 48.7 Å². The van der Waals surface area contributed by atoms with Crippen molar-refractivity contribution in [2.45, 2.75) is 24.3 Å². The molecule has 0 N–H and O–H groups in total. The molecule has 0 radical (unpaired) electrons. The molecule has 1 fully saturated rings. The number of hydrogen-bond acceptors (Lipinski definition) is 5. The molecule has 2 aliphatic heterocycles. The van der Waals surface area contributed by atoms with Crippen LogP contribution in [0.4, 0.5) is 5.69 Å². The summed E-state index contributed by atoms with van der Waals surface area (Å²) < 4.78 is 32.1. The molecular formula is C20H20N2O5S. The van der Waals surface area contributed by atoms with Gasteiger partial charge in [-0.3, -0.25) is 9.59 Å². The number of amides is 1. The van der Waals surface area contributed by atoms with Gasteiger partial charge in [0.2, 0.25) is 10.0 Å². The standard InChI is InChI=1S/C20H20N2O5S/c1-27-15-6-4-14(5-7-15)13-22-18-9-8-16(12-17(18)19(23)20(22)24)28(25,26)21-10-2-3-11-21/h4-9,12H,2-3,10-11,13H2,1H3. The molecule has 0 saturated carbocycles. The number of carbonyl (C=O) groups excluding carboxylic acids is 2. The van der Waals surface area contributed by atoms with Crippen molar-refractivity contribution in [2.24, 2.45) is 0 Å². The van der Waals surface area contributed by atoms with Gasteiger partial charge in [-0.15, -0.1) is 0 Å². The van der Waals surface area contributed by atoms with Crippen LogP contribution in [0.2, 0.25) is 0 Å². The quantitative estimate of drug-likeness (QED) is 0.719. The van der Waals surface area contributed by atoms with Crippen molar-refractivity contribution in [3.05, 3.63) is 53.6 Å². The zero-order chi connectivity index (χ0) is 19.9. The van der Waals surface area contributed by atoms with Gasteiger partial charge in [-0.1, -0.05) is 12.1 Å². The van der Waals surface area contributed by atoms with Crippen molar-refractivity contribution in [2.75, 3.05) is 25.1 Å². The van der Waals surface area contributed by atoms with Crippen LogP contribution in [0.25, 0.3) is 0 Å². The maximum atomic E-state index is 12.8. The van der Waals surface area contributed by atoms with Crippen LogP contribution < -0.4 is 9.64 Å². The summed E-state index contributed by atoms with van der Waals surface area (Å²) in [5.41, 5.74) is 1.41. The number of ether oxygens (including phenoxy) is 1. The predicted molar refractivity (Wildman–Crippen MR) is 103 cm³/mol. The molecule has 0 bridgehead atoms. The highest BCUT2D eigenvalue weighted by molar-refractivity contribution is 7.89. The number of ketones is 1. The topological polar surface area (TPSA) is 84.0 Å². The minimum Gasteiger partial charge on any atom is -0.497 e. The van der Waals surface area contributed by atoms with Crippen LogP contribution in [0.1, 0.15) is 28.8 Å². The third-order valence-electron chi connectivity index (χ3n) is 5.15. The summed E-state index contributed by atoms with van der Waals surface area (Å²) in [6, 6.07) is 11.6. The summed E-state index contributed by atoms with van der Waals surface area (Å²) in [5.74, 6) is -0.631. The van der Waals surface area contributed by atoms with Crippen LogP contribution >= 0.6 is 0 Å². The number of fused-ring (bicyclic) bond motifs is 1. The summed E-state index contributed by atoms with van der Waals surface area (Å²) in [6.07, 6.45) is 1.66. The number of hydrogen-bond donors (Lipinski definition) is 0. The van der Waals surface area contributed by atoms with Crippen LogP contribution in [-0.4, -0.2) is 44.6 Å². The molecule has 1 saturated heterocycles. The molecule has 8 heteroatoms. The molecule has 0 aliphatic carbocycles. The molecule has 0 spiro atoms. The predicted octanol–water partition coefficient (Wildman–Crippen LogP) is 2.21. The summed E-state index contributed by atoms with van der Waals surface area (Å²) in [4.78, 5) is 26.4. The molecule has 1 amide bonds. The van der Waals surface area contributed by atoms with Crippen LogP contribution in [0, 0.1) is 0 Å². The fourth-order valence-electron chi connectivity index (χ4n) is 3.59. The van der Waals surface area contributed by atoms with Crippen molar-refractivity contribution >= 4 is 27.4 Å². The fourth-order valence-corrected chi connectivity index (χ4v) is 5.13. The Balaban J connectivity index is 1.65. The highest BCUT2D eigenvalue weighted by Crippen LogP contribution is 2.33.